The number of nitrogens with one attached hydrogen (secondary N) is 2. The van der Waals surface area contributed by atoms with Crippen molar-refractivity contribution in [1.82, 2.24) is 25.3 Å². The van der Waals surface area contributed by atoms with Crippen LogP contribution in [0, 0.1) is 5.92 Å². The van der Waals surface area contributed by atoms with Crippen LogP contribution in [0.3, 0.4) is 0 Å². The fourth-order valence-corrected chi connectivity index (χ4v) is 3.06. The van der Waals surface area contributed by atoms with Gasteiger partial charge in [-0.3, -0.25) is 9.48 Å². The maximum Gasteiger partial charge on any atom is 0.221 e. The molecular weight excluding hydrogens is 318 g/mol. The molecule has 0 aliphatic carbocycles. The van der Waals surface area contributed by atoms with E-state index in [0.29, 0.717) is 6.54 Å². The van der Waals surface area contributed by atoms with Gasteiger partial charge in [-0.05, 0) is 45.3 Å². The third-order valence-electron chi connectivity index (χ3n) is 4.52. The zero-order valence-electron chi connectivity index (χ0n) is 15.4. The zero-order valence-corrected chi connectivity index (χ0v) is 15.4. The molecule has 1 aromatic heterocycles. The van der Waals surface area contributed by atoms with Crippen molar-refractivity contribution in [2.45, 2.75) is 32.7 Å². The second-order valence-electron chi connectivity index (χ2n) is 6.46. The van der Waals surface area contributed by atoms with Gasteiger partial charge < -0.3 is 21.3 Å². The maximum absolute atomic E-state index is 11.3. The predicted molar refractivity (Wildman–Crippen MR) is 99.0 cm³/mol. The van der Waals surface area contributed by atoms with Crippen molar-refractivity contribution in [3.8, 4) is 0 Å². The molecule has 0 bridgehead atoms. The Morgan fingerprint density at radius 2 is 2.32 bits per heavy atom. The van der Waals surface area contributed by atoms with E-state index in [2.05, 4.69) is 32.5 Å². The summed E-state index contributed by atoms with van der Waals surface area (Å²) in [6.07, 6.45) is 4.76. The molecule has 1 amide bonds. The third-order valence-corrected chi connectivity index (χ3v) is 4.52. The Morgan fingerprint density at radius 3 is 3.00 bits per heavy atom. The average molecular weight is 349 g/mol. The highest BCUT2D eigenvalue weighted by Gasteiger charge is 2.23. The van der Waals surface area contributed by atoms with E-state index in [9.17, 15) is 4.79 Å². The Kier molecular flexibility index (Phi) is 7.72. The van der Waals surface area contributed by atoms with Crippen molar-refractivity contribution < 1.29 is 4.79 Å². The molecule has 1 fully saturated rings. The Hall–Kier alpha value is -2.09. The topological polar surface area (TPSA) is 101 Å². The molecular formula is C17H31N7O. The fraction of sp³-hybridized carbons (Fsp3) is 0.706. The number of amides is 1. The van der Waals surface area contributed by atoms with Crippen molar-refractivity contribution in [3.63, 3.8) is 0 Å². The number of aliphatic imine (C=N–C) groups is 1. The number of carbonyl (C=O) groups is 1. The van der Waals surface area contributed by atoms with Gasteiger partial charge in [-0.25, -0.2) is 4.99 Å². The van der Waals surface area contributed by atoms with Crippen LogP contribution < -0.4 is 16.4 Å². The fourth-order valence-electron chi connectivity index (χ4n) is 3.06. The number of guanidine groups is 1. The van der Waals surface area contributed by atoms with E-state index in [0.717, 1.165) is 63.6 Å². The molecule has 0 aromatic carbocycles. The summed E-state index contributed by atoms with van der Waals surface area (Å²) in [7, 11) is 1.92. The van der Waals surface area contributed by atoms with Crippen molar-refractivity contribution in [1.29, 1.82) is 0 Å². The van der Waals surface area contributed by atoms with E-state index in [4.69, 9.17) is 5.73 Å². The molecule has 2 heterocycles. The molecule has 1 unspecified atom stereocenters. The lowest BCUT2D eigenvalue weighted by atomic mass is 9.97. The summed E-state index contributed by atoms with van der Waals surface area (Å²) >= 11 is 0. The lowest BCUT2D eigenvalue weighted by molar-refractivity contribution is -0.123. The second-order valence-corrected chi connectivity index (χ2v) is 6.46. The number of rotatable bonds is 8. The largest absolute Gasteiger partial charge is 0.369 e. The van der Waals surface area contributed by atoms with Crippen LogP contribution in [-0.4, -0.2) is 59.3 Å². The van der Waals surface area contributed by atoms with E-state index in [1.54, 1.807) is 6.20 Å². The van der Waals surface area contributed by atoms with Gasteiger partial charge in [0.1, 0.15) is 0 Å². The Balaban J connectivity index is 1.72. The summed E-state index contributed by atoms with van der Waals surface area (Å²) in [5.74, 6) is 0.663. The van der Waals surface area contributed by atoms with Gasteiger partial charge in [-0.15, -0.1) is 0 Å². The van der Waals surface area contributed by atoms with Crippen LogP contribution in [0.15, 0.2) is 17.3 Å². The van der Waals surface area contributed by atoms with Crippen LogP contribution in [0.4, 0.5) is 0 Å². The Labute approximate surface area is 149 Å². The van der Waals surface area contributed by atoms with E-state index in [1.165, 1.54) is 0 Å². The summed E-state index contributed by atoms with van der Waals surface area (Å²) in [4.78, 5) is 18.3. The first-order valence-electron chi connectivity index (χ1n) is 9.11. The predicted octanol–water partition coefficient (Wildman–Crippen LogP) is 0.0626. The Morgan fingerprint density at radius 1 is 1.48 bits per heavy atom. The van der Waals surface area contributed by atoms with E-state index in [-0.39, 0.29) is 11.8 Å². The van der Waals surface area contributed by atoms with Crippen molar-refractivity contribution in [2.24, 2.45) is 23.7 Å². The molecule has 140 valence electrons. The highest BCUT2D eigenvalue weighted by Crippen LogP contribution is 2.15. The van der Waals surface area contributed by atoms with Crippen LogP contribution in [0.1, 0.15) is 31.9 Å². The van der Waals surface area contributed by atoms with E-state index < -0.39 is 0 Å². The lowest BCUT2D eigenvalue weighted by Gasteiger charge is -2.31. The summed E-state index contributed by atoms with van der Waals surface area (Å²) < 4.78 is 1.83. The molecule has 25 heavy (non-hydrogen) atoms. The molecule has 1 saturated heterocycles. The molecule has 1 aliphatic rings. The van der Waals surface area contributed by atoms with Crippen molar-refractivity contribution in [3.05, 3.63) is 18.0 Å². The molecule has 0 spiro atoms. The second kappa shape index (κ2) is 10.0. The molecule has 8 heteroatoms. The van der Waals surface area contributed by atoms with Gasteiger partial charge in [0.15, 0.2) is 5.96 Å². The molecule has 1 aliphatic heterocycles. The monoisotopic (exact) mass is 349 g/mol. The number of likely N-dealkylation sites (tertiary alicyclic amines) is 1. The van der Waals surface area contributed by atoms with Gasteiger partial charge in [0.2, 0.25) is 5.91 Å². The molecule has 0 radical (unpaired) electrons. The van der Waals surface area contributed by atoms with Gasteiger partial charge >= 0.3 is 0 Å². The van der Waals surface area contributed by atoms with Crippen molar-refractivity contribution in [2.75, 3.05) is 32.7 Å². The van der Waals surface area contributed by atoms with Crippen molar-refractivity contribution >= 4 is 11.9 Å². The average Bonchev–Trinajstić information content (AvgIpc) is 3.01. The quantitative estimate of drug-likeness (QED) is 0.350. The minimum atomic E-state index is -0.167. The number of carbonyl (C=O) groups excluding carboxylic acids is 1. The van der Waals surface area contributed by atoms with Gasteiger partial charge in [0.05, 0.1) is 18.2 Å². The number of aromatic nitrogens is 2. The first-order valence-corrected chi connectivity index (χ1v) is 9.11. The number of primary amides is 1. The Bertz CT molecular complexity index is 569. The highest BCUT2D eigenvalue weighted by atomic mass is 16.1. The summed E-state index contributed by atoms with van der Waals surface area (Å²) in [6.45, 7) is 7.14. The number of nitrogens with zero attached hydrogens (tertiary/aromatic N) is 4. The number of nitrogens with two attached hydrogens (primary N) is 1. The summed E-state index contributed by atoms with van der Waals surface area (Å²) in [5, 5.41) is 10.8. The maximum atomic E-state index is 11.3. The number of hydrogen-bond donors (Lipinski definition) is 3. The first kappa shape index (κ1) is 19.2. The molecule has 8 nitrogen and oxygen atoms in total. The smallest absolute Gasteiger partial charge is 0.221 e. The van der Waals surface area contributed by atoms with Crippen LogP contribution in [0.25, 0.3) is 0 Å². The molecule has 1 atom stereocenters. The minimum absolute atomic E-state index is 0.0134. The number of piperidine rings is 1. The normalized spacial score (nSPS) is 19.0. The minimum Gasteiger partial charge on any atom is -0.369 e. The summed E-state index contributed by atoms with van der Waals surface area (Å²) in [5.41, 5.74) is 6.51. The first-order chi connectivity index (χ1) is 12.1. The standard InChI is InChI=1S/C17H31N7O/c1-3-19-17(21-12-15-7-9-22-23(15)2)20-8-5-11-24-10-4-6-14(13-24)16(18)25/h7,9,14H,3-6,8,10-13H2,1-2H3,(H2,18,25)(H2,19,20,21). The SMILES string of the molecule is CCNC(=NCc1ccnn1C)NCCCN1CCCC(C(N)=O)C1. The highest BCUT2D eigenvalue weighted by molar-refractivity contribution is 5.79. The summed E-state index contributed by atoms with van der Waals surface area (Å²) in [6, 6.07) is 1.97. The van der Waals surface area contributed by atoms with Gasteiger partial charge in [-0.2, -0.15) is 5.10 Å². The van der Waals surface area contributed by atoms with Crippen LogP contribution in [-0.2, 0) is 18.4 Å². The van der Waals surface area contributed by atoms with Gasteiger partial charge in [0.25, 0.3) is 0 Å². The number of aryl methyl sites for hydroxylation is 1. The van der Waals surface area contributed by atoms with Crippen LogP contribution in [0.5, 0.6) is 0 Å². The third kappa shape index (κ3) is 6.38. The zero-order chi connectivity index (χ0) is 18.1. The van der Waals surface area contributed by atoms with E-state index >= 15 is 0 Å². The van der Waals surface area contributed by atoms with Gasteiger partial charge in [-0.1, -0.05) is 0 Å². The molecule has 4 N–H and O–H groups in total. The molecule has 0 saturated carbocycles. The van der Waals surface area contributed by atoms with Crippen LogP contribution in [0.2, 0.25) is 0 Å². The lowest BCUT2D eigenvalue weighted by Crippen LogP contribution is -2.43. The van der Waals surface area contributed by atoms with Gasteiger partial charge in [0, 0.05) is 32.9 Å². The molecule has 2 rings (SSSR count). The van der Waals surface area contributed by atoms with Crippen LogP contribution >= 0.6 is 0 Å². The number of hydrogen-bond acceptors (Lipinski definition) is 4. The molecule has 1 aromatic rings. The van der Waals surface area contributed by atoms with E-state index in [1.807, 2.05) is 17.8 Å².